The normalized spacial score (nSPS) is 14.5. The number of rotatable bonds is 7. The molecule has 0 saturated carbocycles. The molecule has 3 aromatic rings. The van der Waals surface area contributed by atoms with Crippen molar-refractivity contribution in [3.05, 3.63) is 82.1 Å². The van der Waals surface area contributed by atoms with Gasteiger partial charge in [-0.25, -0.2) is 9.97 Å². The summed E-state index contributed by atoms with van der Waals surface area (Å²) in [5.74, 6) is -1.56. The highest BCUT2D eigenvalue weighted by atomic mass is 79.9. The fraction of sp³-hybridized carbons (Fsp3) is 0.321. The van der Waals surface area contributed by atoms with Crippen molar-refractivity contribution in [1.82, 2.24) is 20.2 Å². The molecule has 1 aliphatic heterocycles. The first kappa shape index (κ1) is 26.5. The monoisotopic (exact) mass is 564 g/mol. The molecule has 0 aliphatic carbocycles. The van der Waals surface area contributed by atoms with Gasteiger partial charge in [0.1, 0.15) is 6.04 Å². The second-order valence-electron chi connectivity index (χ2n) is 10.3. The van der Waals surface area contributed by atoms with Crippen LogP contribution in [-0.2, 0) is 21.4 Å². The molecular weight excluding hydrogens is 536 g/mol. The van der Waals surface area contributed by atoms with Crippen molar-refractivity contribution in [3.63, 3.8) is 0 Å². The molecule has 2 aromatic carbocycles. The van der Waals surface area contributed by atoms with Gasteiger partial charge in [-0.15, -0.1) is 0 Å². The van der Waals surface area contributed by atoms with Crippen LogP contribution in [0.3, 0.4) is 0 Å². The van der Waals surface area contributed by atoms with E-state index < -0.39 is 17.9 Å². The number of aliphatic carboxylic acids is 1. The number of benzene rings is 2. The molecule has 1 atom stereocenters. The molecule has 1 unspecified atom stereocenters. The van der Waals surface area contributed by atoms with E-state index in [1.807, 2.05) is 36.4 Å². The molecular formula is C28H29BrN4O4. The molecule has 37 heavy (non-hydrogen) atoms. The lowest BCUT2D eigenvalue weighted by Crippen LogP contribution is -2.59. The van der Waals surface area contributed by atoms with Gasteiger partial charge in [-0.1, -0.05) is 57.2 Å². The smallest absolute Gasteiger partial charge is 0.310 e. The molecule has 1 fully saturated rings. The number of likely N-dealkylation sites (tertiary alicyclic amines) is 1. The Kier molecular flexibility index (Phi) is 7.73. The molecule has 1 aliphatic rings. The van der Waals surface area contributed by atoms with Gasteiger partial charge in [-0.05, 0) is 44.6 Å². The molecule has 192 valence electrons. The van der Waals surface area contributed by atoms with Crippen LogP contribution in [0, 0.1) is 5.92 Å². The molecule has 1 saturated heterocycles. The minimum absolute atomic E-state index is 0.0425. The number of carboxylic acids is 1. The molecule has 9 heteroatoms. The highest BCUT2D eigenvalue weighted by Crippen LogP contribution is 2.23. The molecule has 0 spiro atoms. The third kappa shape index (κ3) is 6.40. The number of carbonyl (C=O) groups is 3. The SMILES string of the molecule is CC(C)(C)c1ccc(C(=O)NC(Cc2ccc(-c3ncc(Br)cn3)cc2)C(=O)N2CC(C(=O)O)C2)cc1. The van der Waals surface area contributed by atoms with E-state index in [9.17, 15) is 19.5 Å². The number of carbonyl (C=O) groups excluding carboxylic acids is 2. The zero-order valence-electron chi connectivity index (χ0n) is 20.9. The molecule has 4 rings (SSSR count). The predicted octanol–water partition coefficient (Wildman–Crippen LogP) is 4.09. The number of hydrogen-bond donors (Lipinski definition) is 2. The first-order valence-electron chi connectivity index (χ1n) is 12.0. The molecule has 2 N–H and O–H groups in total. The van der Waals surface area contributed by atoms with Crippen molar-refractivity contribution >= 4 is 33.7 Å². The van der Waals surface area contributed by atoms with E-state index in [-0.39, 0.29) is 36.7 Å². The average molecular weight is 565 g/mol. The Morgan fingerprint density at radius 2 is 1.62 bits per heavy atom. The lowest BCUT2D eigenvalue weighted by atomic mass is 9.86. The summed E-state index contributed by atoms with van der Waals surface area (Å²) in [4.78, 5) is 47.6. The Hall–Kier alpha value is -3.59. The molecule has 2 amide bonds. The number of hydrogen-bond acceptors (Lipinski definition) is 5. The van der Waals surface area contributed by atoms with Crippen LogP contribution >= 0.6 is 15.9 Å². The van der Waals surface area contributed by atoms with Gasteiger partial charge in [0.25, 0.3) is 5.91 Å². The summed E-state index contributed by atoms with van der Waals surface area (Å²) >= 11 is 3.32. The van der Waals surface area contributed by atoms with Gasteiger partial charge in [-0.3, -0.25) is 14.4 Å². The predicted molar refractivity (Wildman–Crippen MR) is 143 cm³/mol. The van der Waals surface area contributed by atoms with Crippen molar-refractivity contribution in [1.29, 1.82) is 0 Å². The van der Waals surface area contributed by atoms with Crippen LogP contribution in [0.15, 0.2) is 65.4 Å². The van der Waals surface area contributed by atoms with Crippen LogP contribution in [0.25, 0.3) is 11.4 Å². The van der Waals surface area contributed by atoms with Gasteiger partial charge in [-0.2, -0.15) is 0 Å². The highest BCUT2D eigenvalue weighted by Gasteiger charge is 2.38. The summed E-state index contributed by atoms with van der Waals surface area (Å²) in [6.45, 7) is 6.58. The first-order chi connectivity index (χ1) is 17.5. The van der Waals surface area contributed by atoms with Crippen LogP contribution < -0.4 is 5.32 Å². The van der Waals surface area contributed by atoms with Crippen LogP contribution in [0.1, 0.15) is 42.3 Å². The Morgan fingerprint density at radius 3 is 2.16 bits per heavy atom. The lowest BCUT2D eigenvalue weighted by Gasteiger charge is -2.39. The maximum absolute atomic E-state index is 13.3. The fourth-order valence-electron chi connectivity index (χ4n) is 4.09. The van der Waals surface area contributed by atoms with Gasteiger partial charge in [0, 0.05) is 43.0 Å². The fourth-order valence-corrected chi connectivity index (χ4v) is 4.29. The molecule has 0 bridgehead atoms. The Balaban J connectivity index is 1.51. The van der Waals surface area contributed by atoms with Crippen molar-refractivity contribution in [3.8, 4) is 11.4 Å². The van der Waals surface area contributed by atoms with Gasteiger partial charge < -0.3 is 15.3 Å². The van der Waals surface area contributed by atoms with Gasteiger partial charge in [0.15, 0.2) is 5.82 Å². The first-order valence-corrected chi connectivity index (χ1v) is 12.8. The number of aromatic nitrogens is 2. The quantitative estimate of drug-likeness (QED) is 0.447. The van der Waals surface area contributed by atoms with Crippen LogP contribution in [0.5, 0.6) is 0 Å². The summed E-state index contributed by atoms with van der Waals surface area (Å²) in [5.41, 5.74) is 3.19. The third-order valence-corrected chi connectivity index (χ3v) is 6.84. The Bertz CT molecular complexity index is 1280. The summed E-state index contributed by atoms with van der Waals surface area (Å²) in [6, 6.07) is 14.0. The number of nitrogens with one attached hydrogen (secondary N) is 1. The summed E-state index contributed by atoms with van der Waals surface area (Å²) in [6.07, 6.45) is 3.61. The number of amides is 2. The topological polar surface area (TPSA) is 112 Å². The lowest BCUT2D eigenvalue weighted by molar-refractivity contribution is -0.153. The largest absolute Gasteiger partial charge is 0.481 e. The molecule has 2 heterocycles. The number of halogens is 1. The van der Waals surface area contributed by atoms with E-state index >= 15 is 0 Å². The van der Waals surface area contributed by atoms with E-state index in [1.54, 1.807) is 24.5 Å². The zero-order valence-corrected chi connectivity index (χ0v) is 22.5. The minimum Gasteiger partial charge on any atom is -0.481 e. The maximum Gasteiger partial charge on any atom is 0.310 e. The molecule has 1 aromatic heterocycles. The van der Waals surface area contributed by atoms with E-state index in [0.29, 0.717) is 11.4 Å². The Morgan fingerprint density at radius 1 is 1.03 bits per heavy atom. The second-order valence-corrected chi connectivity index (χ2v) is 11.2. The van der Waals surface area contributed by atoms with Crippen molar-refractivity contribution in [2.75, 3.05) is 13.1 Å². The van der Waals surface area contributed by atoms with Gasteiger partial charge in [0.05, 0.1) is 10.4 Å². The highest BCUT2D eigenvalue weighted by molar-refractivity contribution is 9.10. The number of nitrogens with zero attached hydrogens (tertiary/aromatic N) is 3. The van der Waals surface area contributed by atoms with Crippen molar-refractivity contribution < 1.29 is 19.5 Å². The average Bonchev–Trinajstić information content (AvgIpc) is 2.83. The minimum atomic E-state index is -0.922. The summed E-state index contributed by atoms with van der Waals surface area (Å²) < 4.78 is 0.786. The van der Waals surface area contributed by atoms with Gasteiger partial charge in [0.2, 0.25) is 5.91 Å². The van der Waals surface area contributed by atoms with Crippen LogP contribution in [0.4, 0.5) is 0 Å². The van der Waals surface area contributed by atoms with E-state index in [2.05, 4.69) is 52.0 Å². The van der Waals surface area contributed by atoms with E-state index in [1.165, 1.54) is 4.90 Å². The van der Waals surface area contributed by atoms with Crippen molar-refractivity contribution in [2.24, 2.45) is 5.92 Å². The van der Waals surface area contributed by atoms with E-state index in [0.717, 1.165) is 21.2 Å². The third-order valence-electron chi connectivity index (χ3n) is 6.43. The van der Waals surface area contributed by atoms with Crippen LogP contribution in [0.2, 0.25) is 0 Å². The van der Waals surface area contributed by atoms with Crippen LogP contribution in [-0.4, -0.2) is 56.9 Å². The second kappa shape index (κ2) is 10.8. The standard InChI is InChI=1S/C28H29BrN4O4/c1-28(2,3)21-10-8-19(9-11-21)25(34)32-23(26(35)33-15-20(16-33)27(36)37)12-17-4-6-18(7-5-17)24-30-13-22(29)14-31-24/h4-11,13-14,20,23H,12,15-16H2,1-3H3,(H,32,34)(H,36,37). The number of carboxylic acid groups (broad SMARTS) is 1. The maximum atomic E-state index is 13.3. The summed E-state index contributed by atoms with van der Waals surface area (Å²) in [7, 11) is 0. The molecule has 0 radical (unpaired) electrons. The van der Waals surface area contributed by atoms with Gasteiger partial charge >= 0.3 is 5.97 Å². The van der Waals surface area contributed by atoms with Crippen molar-refractivity contribution in [2.45, 2.75) is 38.6 Å². The molecule has 8 nitrogen and oxygen atoms in total. The van der Waals surface area contributed by atoms with E-state index in [4.69, 9.17) is 0 Å². The Labute approximate surface area is 224 Å². The zero-order chi connectivity index (χ0) is 26.7. The summed E-state index contributed by atoms with van der Waals surface area (Å²) in [5, 5.41) is 12.1.